The molecule has 3 rings (SSSR count). The molecule has 0 fully saturated rings. The van der Waals surface area contributed by atoms with Crippen LogP contribution in [0.25, 0.3) is 11.1 Å². The van der Waals surface area contributed by atoms with Crippen molar-refractivity contribution in [3.05, 3.63) is 96.1 Å². The van der Waals surface area contributed by atoms with Crippen molar-refractivity contribution < 1.29 is 23.8 Å². The molecule has 6 nitrogen and oxygen atoms in total. The average Bonchev–Trinajstić information content (AvgIpc) is 2.91. The maximum atomic E-state index is 12.6. The van der Waals surface area contributed by atoms with Crippen molar-refractivity contribution >= 4 is 18.2 Å². The molecule has 3 aromatic rings. The standard InChI is InChI=1S/C30H31NO5/c1-3-7-22-8-10-23(11-9-22)28-17-16-27(20-25(28)21-31)36-30(33)24-12-14-26(15-13-24)34-18-5-6-19-35-29(32)4-2/h4,8-17,20-21,31H,2-3,5-7,18-19H2,1H3. The molecule has 0 aliphatic rings. The maximum absolute atomic E-state index is 12.6. The van der Waals surface area contributed by atoms with Crippen molar-refractivity contribution in [2.45, 2.75) is 32.6 Å². The number of ether oxygens (including phenoxy) is 3. The van der Waals surface area contributed by atoms with Crippen LogP contribution in [0, 0.1) is 5.41 Å². The van der Waals surface area contributed by atoms with Gasteiger partial charge < -0.3 is 19.6 Å². The Morgan fingerprint density at radius 2 is 1.61 bits per heavy atom. The second-order valence-corrected chi connectivity index (χ2v) is 8.18. The molecule has 36 heavy (non-hydrogen) atoms. The number of esters is 2. The lowest BCUT2D eigenvalue weighted by molar-refractivity contribution is -0.137. The monoisotopic (exact) mass is 485 g/mol. The lowest BCUT2D eigenvalue weighted by Crippen LogP contribution is -2.09. The first kappa shape index (κ1) is 26.4. The summed E-state index contributed by atoms with van der Waals surface area (Å²) in [6.45, 7) is 6.29. The van der Waals surface area contributed by atoms with E-state index in [-0.39, 0.29) is 0 Å². The third-order valence-electron chi connectivity index (χ3n) is 5.50. The second-order valence-electron chi connectivity index (χ2n) is 8.18. The van der Waals surface area contributed by atoms with Crippen LogP contribution in [0.2, 0.25) is 0 Å². The SMILES string of the molecule is C=CC(=O)OCCCCOc1ccc(C(=O)Oc2ccc(-c3ccc(CCC)cc3)c(C=N)c2)cc1. The van der Waals surface area contributed by atoms with Crippen LogP contribution < -0.4 is 9.47 Å². The summed E-state index contributed by atoms with van der Waals surface area (Å²) in [6.07, 6.45) is 5.94. The van der Waals surface area contributed by atoms with Crippen molar-refractivity contribution in [3.8, 4) is 22.6 Å². The fourth-order valence-electron chi connectivity index (χ4n) is 3.61. The zero-order valence-electron chi connectivity index (χ0n) is 20.5. The Morgan fingerprint density at radius 3 is 2.28 bits per heavy atom. The van der Waals surface area contributed by atoms with Crippen LogP contribution in [-0.4, -0.2) is 31.4 Å². The number of carbonyl (C=O) groups excluding carboxylic acids is 2. The summed E-state index contributed by atoms with van der Waals surface area (Å²) in [6, 6.07) is 20.3. The number of hydrogen-bond acceptors (Lipinski definition) is 6. The van der Waals surface area contributed by atoms with Crippen LogP contribution in [0.5, 0.6) is 11.5 Å². The van der Waals surface area contributed by atoms with Gasteiger partial charge in [0.1, 0.15) is 11.5 Å². The van der Waals surface area contributed by atoms with Crippen molar-refractivity contribution in [2.75, 3.05) is 13.2 Å². The molecule has 0 aromatic heterocycles. The topological polar surface area (TPSA) is 85.7 Å². The Kier molecular flexibility index (Phi) is 10.0. The molecule has 6 heteroatoms. The number of carbonyl (C=O) groups is 2. The molecule has 0 amide bonds. The van der Waals surface area contributed by atoms with Gasteiger partial charge in [0.25, 0.3) is 0 Å². The van der Waals surface area contributed by atoms with E-state index in [9.17, 15) is 9.59 Å². The van der Waals surface area contributed by atoms with Gasteiger partial charge in [-0.1, -0.05) is 50.3 Å². The predicted molar refractivity (Wildman–Crippen MR) is 141 cm³/mol. The van der Waals surface area contributed by atoms with E-state index in [0.717, 1.165) is 36.5 Å². The molecule has 0 unspecified atom stereocenters. The first-order valence-electron chi connectivity index (χ1n) is 12.0. The number of rotatable bonds is 13. The third kappa shape index (κ3) is 7.67. The molecule has 0 aliphatic carbocycles. The molecule has 1 N–H and O–H groups in total. The molecule has 0 saturated heterocycles. The minimum absolute atomic E-state index is 0.324. The summed E-state index contributed by atoms with van der Waals surface area (Å²) in [5.41, 5.74) is 4.27. The van der Waals surface area contributed by atoms with Crippen molar-refractivity contribution in [1.29, 1.82) is 5.41 Å². The van der Waals surface area contributed by atoms with Gasteiger partial charge in [0.15, 0.2) is 0 Å². The maximum Gasteiger partial charge on any atom is 0.343 e. The van der Waals surface area contributed by atoms with Crippen LogP contribution in [0.3, 0.4) is 0 Å². The first-order chi connectivity index (χ1) is 17.5. The van der Waals surface area contributed by atoms with Gasteiger partial charge in [-0.05, 0) is 72.4 Å². The fourth-order valence-corrected chi connectivity index (χ4v) is 3.61. The van der Waals surface area contributed by atoms with E-state index < -0.39 is 11.9 Å². The number of hydrogen-bond donors (Lipinski definition) is 1. The second kappa shape index (κ2) is 13.6. The van der Waals surface area contributed by atoms with E-state index in [2.05, 4.69) is 37.8 Å². The van der Waals surface area contributed by atoms with Gasteiger partial charge in [-0.2, -0.15) is 0 Å². The van der Waals surface area contributed by atoms with Gasteiger partial charge in [0.2, 0.25) is 0 Å². The van der Waals surface area contributed by atoms with E-state index in [1.165, 1.54) is 11.8 Å². The van der Waals surface area contributed by atoms with Gasteiger partial charge >= 0.3 is 11.9 Å². The molecule has 0 bridgehead atoms. The van der Waals surface area contributed by atoms with Gasteiger partial charge in [-0.3, -0.25) is 0 Å². The molecule has 0 radical (unpaired) electrons. The smallest absolute Gasteiger partial charge is 0.343 e. The Balaban J connectivity index is 1.54. The highest BCUT2D eigenvalue weighted by atomic mass is 16.5. The molecule has 3 aromatic carbocycles. The summed E-state index contributed by atoms with van der Waals surface area (Å²) < 4.78 is 16.1. The Morgan fingerprint density at radius 1 is 0.917 bits per heavy atom. The zero-order valence-corrected chi connectivity index (χ0v) is 20.5. The lowest BCUT2D eigenvalue weighted by atomic mass is 9.98. The molecule has 0 spiro atoms. The van der Waals surface area contributed by atoms with E-state index in [1.54, 1.807) is 36.4 Å². The molecular formula is C30H31NO5. The Labute approximate surface area is 212 Å². The molecule has 0 saturated carbocycles. The quantitative estimate of drug-likeness (QED) is 0.0994. The zero-order chi connectivity index (χ0) is 25.8. The van der Waals surface area contributed by atoms with Crippen LogP contribution in [0.15, 0.2) is 79.4 Å². The number of unbranched alkanes of at least 4 members (excludes halogenated alkanes) is 1. The summed E-state index contributed by atoms with van der Waals surface area (Å²) >= 11 is 0. The first-order valence-corrected chi connectivity index (χ1v) is 12.0. The van der Waals surface area contributed by atoms with E-state index >= 15 is 0 Å². The van der Waals surface area contributed by atoms with Crippen molar-refractivity contribution in [1.82, 2.24) is 0 Å². The molecule has 186 valence electrons. The summed E-state index contributed by atoms with van der Waals surface area (Å²) in [7, 11) is 0. The highest BCUT2D eigenvalue weighted by molar-refractivity contribution is 5.93. The number of nitrogens with one attached hydrogen (secondary N) is 1. The highest BCUT2D eigenvalue weighted by Crippen LogP contribution is 2.27. The van der Waals surface area contributed by atoms with Crippen LogP contribution in [0.1, 0.15) is 47.7 Å². The minimum atomic E-state index is -0.488. The molecule has 0 heterocycles. The fraction of sp³-hybridized carbons (Fsp3) is 0.233. The van der Waals surface area contributed by atoms with Gasteiger partial charge in [0.05, 0.1) is 18.8 Å². The van der Waals surface area contributed by atoms with Gasteiger partial charge in [0, 0.05) is 17.9 Å². The summed E-state index contributed by atoms with van der Waals surface area (Å²) in [5, 5.41) is 7.82. The summed E-state index contributed by atoms with van der Waals surface area (Å²) in [5.74, 6) is 0.0936. The predicted octanol–water partition coefficient (Wildman–Crippen LogP) is 6.41. The highest BCUT2D eigenvalue weighted by Gasteiger charge is 2.12. The van der Waals surface area contributed by atoms with Gasteiger partial charge in [-0.15, -0.1) is 0 Å². The number of aryl methyl sites for hydroxylation is 1. The summed E-state index contributed by atoms with van der Waals surface area (Å²) in [4.78, 5) is 23.6. The molecule has 0 aliphatic heterocycles. The molecular weight excluding hydrogens is 454 g/mol. The van der Waals surface area contributed by atoms with Gasteiger partial charge in [-0.25, -0.2) is 9.59 Å². The average molecular weight is 486 g/mol. The normalized spacial score (nSPS) is 10.4. The largest absolute Gasteiger partial charge is 0.494 e. The van der Waals surface area contributed by atoms with E-state index in [0.29, 0.717) is 42.3 Å². The van der Waals surface area contributed by atoms with Crippen LogP contribution in [0.4, 0.5) is 0 Å². The Bertz CT molecular complexity index is 1180. The lowest BCUT2D eigenvalue weighted by Gasteiger charge is -2.11. The number of benzene rings is 3. The van der Waals surface area contributed by atoms with Crippen LogP contribution in [-0.2, 0) is 16.0 Å². The minimum Gasteiger partial charge on any atom is -0.494 e. The van der Waals surface area contributed by atoms with Crippen LogP contribution >= 0.6 is 0 Å². The molecule has 0 atom stereocenters. The Hall–Kier alpha value is -4.19. The van der Waals surface area contributed by atoms with E-state index in [1.807, 2.05) is 6.07 Å². The third-order valence-corrected chi connectivity index (χ3v) is 5.50. The van der Waals surface area contributed by atoms with Crippen molar-refractivity contribution in [2.24, 2.45) is 0 Å². The van der Waals surface area contributed by atoms with Crippen molar-refractivity contribution in [3.63, 3.8) is 0 Å². The van der Waals surface area contributed by atoms with E-state index in [4.69, 9.17) is 19.6 Å².